The van der Waals surface area contributed by atoms with Crippen LogP contribution >= 0.6 is 0 Å². The first-order chi connectivity index (χ1) is 11.2. The smallest absolute Gasteiger partial charge is 0.0945 e. The standard InChI is InChI=1S/C22H31N.HI/c1-3-16-22(23,17-4-2)18-15-21(19-11-7-5-8-12-19)20-13-9-6-10-14-20;/h5-14,21H,3-4,15-18,23H2,1-2H3;1H. The molecule has 0 aliphatic heterocycles. The Hall–Kier alpha value is -0.870. The topological polar surface area (TPSA) is 27.6 Å². The fourth-order valence-corrected chi connectivity index (χ4v) is 3.78. The molecule has 2 aromatic rings. The fourth-order valence-electron chi connectivity index (χ4n) is 3.78. The average Bonchev–Trinajstić information content (AvgIpc) is 2.57. The van der Waals surface area contributed by atoms with Crippen molar-refractivity contribution in [3.63, 3.8) is 0 Å². The minimum absolute atomic E-state index is 0. The fraction of sp³-hybridized carbons (Fsp3) is 0.455. The molecule has 0 amide bonds. The van der Waals surface area contributed by atoms with Crippen LogP contribution in [0.4, 0.5) is 0 Å². The van der Waals surface area contributed by atoms with Gasteiger partial charge in [0.05, 0.1) is 5.54 Å². The van der Waals surface area contributed by atoms with Gasteiger partial charge in [-0.25, -0.2) is 0 Å². The first kappa shape index (κ1) is 21.2. The van der Waals surface area contributed by atoms with Gasteiger partial charge < -0.3 is 29.7 Å². The van der Waals surface area contributed by atoms with Crippen molar-refractivity contribution in [1.29, 1.82) is 0 Å². The molecule has 3 N–H and O–H groups in total. The van der Waals surface area contributed by atoms with Crippen LogP contribution in [0.5, 0.6) is 0 Å². The Bertz CT molecular complexity index is 507. The van der Waals surface area contributed by atoms with Crippen LogP contribution in [-0.4, -0.2) is 5.54 Å². The van der Waals surface area contributed by atoms with Crippen molar-refractivity contribution in [2.24, 2.45) is 0 Å². The van der Waals surface area contributed by atoms with Crippen molar-refractivity contribution in [1.82, 2.24) is 0 Å². The highest BCUT2D eigenvalue weighted by Gasteiger charge is 2.28. The maximum atomic E-state index is 4.61. The molecule has 0 atom stereocenters. The summed E-state index contributed by atoms with van der Waals surface area (Å²) in [7, 11) is 0. The molecule has 2 rings (SSSR count). The molecule has 0 radical (unpaired) electrons. The largest absolute Gasteiger partial charge is 1.00 e. The minimum atomic E-state index is 0. The summed E-state index contributed by atoms with van der Waals surface area (Å²) < 4.78 is 0. The van der Waals surface area contributed by atoms with E-state index in [4.69, 9.17) is 0 Å². The predicted molar refractivity (Wildman–Crippen MR) is 99.4 cm³/mol. The van der Waals surface area contributed by atoms with Crippen molar-refractivity contribution >= 4 is 0 Å². The molecule has 0 fully saturated rings. The average molecular weight is 437 g/mol. The van der Waals surface area contributed by atoms with Crippen molar-refractivity contribution in [2.45, 2.75) is 63.8 Å². The highest BCUT2D eigenvalue weighted by Crippen LogP contribution is 2.32. The van der Waals surface area contributed by atoms with Crippen LogP contribution in [0.1, 0.15) is 69.4 Å². The van der Waals surface area contributed by atoms with E-state index in [-0.39, 0.29) is 29.5 Å². The summed E-state index contributed by atoms with van der Waals surface area (Å²) in [5.74, 6) is 0.479. The van der Waals surface area contributed by atoms with Gasteiger partial charge in [0.2, 0.25) is 0 Å². The van der Waals surface area contributed by atoms with E-state index in [0.29, 0.717) is 5.92 Å². The summed E-state index contributed by atoms with van der Waals surface area (Å²) in [4.78, 5) is 0. The van der Waals surface area contributed by atoms with E-state index in [1.54, 1.807) is 0 Å². The van der Waals surface area contributed by atoms with Gasteiger partial charge in [0, 0.05) is 25.2 Å². The zero-order valence-corrected chi connectivity index (χ0v) is 17.3. The number of halogens is 1. The van der Waals surface area contributed by atoms with E-state index in [0.717, 1.165) is 0 Å². The Balaban J connectivity index is 0.00000288. The monoisotopic (exact) mass is 437 g/mol. The van der Waals surface area contributed by atoms with Crippen molar-refractivity contribution in [3.8, 4) is 0 Å². The summed E-state index contributed by atoms with van der Waals surface area (Å²) in [5.41, 5.74) is 7.70. The molecule has 0 spiro atoms. The Labute approximate surface area is 165 Å². The predicted octanol–water partition coefficient (Wildman–Crippen LogP) is 2.18. The third-order valence-electron chi connectivity index (χ3n) is 4.93. The maximum absolute atomic E-state index is 4.61. The molecule has 1 nitrogen and oxygen atoms in total. The second kappa shape index (κ2) is 10.9. The molecule has 2 aromatic carbocycles. The quantitative estimate of drug-likeness (QED) is 0.583. The van der Waals surface area contributed by atoms with Gasteiger partial charge >= 0.3 is 0 Å². The Morgan fingerprint density at radius 2 is 1.17 bits per heavy atom. The van der Waals surface area contributed by atoms with Crippen molar-refractivity contribution in [2.75, 3.05) is 0 Å². The van der Waals surface area contributed by atoms with E-state index < -0.39 is 0 Å². The molecule has 24 heavy (non-hydrogen) atoms. The van der Waals surface area contributed by atoms with Crippen LogP contribution in [0, 0.1) is 0 Å². The zero-order valence-electron chi connectivity index (χ0n) is 15.2. The highest BCUT2D eigenvalue weighted by molar-refractivity contribution is 5.32. The summed E-state index contributed by atoms with van der Waals surface area (Å²) >= 11 is 0. The Morgan fingerprint density at radius 3 is 1.54 bits per heavy atom. The molecular weight excluding hydrogens is 405 g/mol. The molecule has 2 heteroatoms. The summed E-state index contributed by atoms with van der Waals surface area (Å²) in [6, 6.07) is 21.9. The number of rotatable bonds is 9. The van der Waals surface area contributed by atoms with E-state index in [9.17, 15) is 0 Å². The lowest BCUT2D eigenvalue weighted by atomic mass is 9.79. The first-order valence-electron chi connectivity index (χ1n) is 9.14. The van der Waals surface area contributed by atoms with Gasteiger partial charge in [-0.2, -0.15) is 0 Å². The van der Waals surface area contributed by atoms with Crippen LogP contribution < -0.4 is 29.7 Å². The molecule has 0 aromatic heterocycles. The lowest BCUT2D eigenvalue weighted by Gasteiger charge is -2.28. The number of quaternary nitrogens is 1. The van der Waals surface area contributed by atoms with Crippen molar-refractivity contribution in [3.05, 3.63) is 71.8 Å². The molecule has 0 heterocycles. The van der Waals surface area contributed by atoms with Gasteiger partial charge in [0.15, 0.2) is 0 Å². The Morgan fingerprint density at radius 1 is 0.750 bits per heavy atom. The van der Waals surface area contributed by atoms with Gasteiger partial charge in [-0.3, -0.25) is 0 Å². The van der Waals surface area contributed by atoms with Gasteiger partial charge in [0.25, 0.3) is 0 Å². The molecule has 0 saturated carbocycles. The van der Waals surface area contributed by atoms with Crippen LogP contribution in [0.2, 0.25) is 0 Å². The molecular formula is C22H32IN. The minimum Gasteiger partial charge on any atom is -1.00 e. The second-order valence-corrected chi connectivity index (χ2v) is 6.91. The first-order valence-corrected chi connectivity index (χ1v) is 9.14. The normalized spacial score (nSPS) is 11.3. The molecule has 0 aliphatic carbocycles. The molecule has 0 saturated heterocycles. The summed E-state index contributed by atoms with van der Waals surface area (Å²) in [6.07, 6.45) is 7.30. The third kappa shape index (κ3) is 6.21. The lowest BCUT2D eigenvalue weighted by molar-refractivity contribution is -0.484. The Kier molecular flexibility index (Phi) is 9.60. The maximum Gasteiger partial charge on any atom is 0.0945 e. The van der Waals surface area contributed by atoms with Crippen LogP contribution in [-0.2, 0) is 0 Å². The molecule has 0 bridgehead atoms. The second-order valence-electron chi connectivity index (χ2n) is 6.91. The molecule has 132 valence electrons. The van der Waals surface area contributed by atoms with E-state index >= 15 is 0 Å². The van der Waals surface area contributed by atoms with Gasteiger partial charge in [-0.05, 0) is 17.5 Å². The number of hydrogen-bond donors (Lipinski definition) is 1. The molecule has 0 unspecified atom stereocenters. The van der Waals surface area contributed by atoms with Crippen LogP contribution in [0.25, 0.3) is 0 Å². The number of hydrogen-bond acceptors (Lipinski definition) is 0. The zero-order chi connectivity index (χ0) is 16.5. The van der Waals surface area contributed by atoms with Crippen LogP contribution in [0.15, 0.2) is 60.7 Å². The SMILES string of the molecule is CCCC([NH3+])(CCC)CCC(c1ccccc1)c1ccccc1.[I-]. The van der Waals surface area contributed by atoms with E-state index in [2.05, 4.69) is 80.2 Å². The van der Waals surface area contributed by atoms with Gasteiger partial charge in [-0.15, -0.1) is 0 Å². The highest BCUT2D eigenvalue weighted by atomic mass is 127. The molecule has 0 aliphatic rings. The van der Waals surface area contributed by atoms with Crippen LogP contribution in [0.3, 0.4) is 0 Å². The van der Waals surface area contributed by atoms with E-state index in [1.165, 1.54) is 49.7 Å². The van der Waals surface area contributed by atoms with E-state index in [1.807, 2.05) is 0 Å². The number of benzene rings is 2. The van der Waals surface area contributed by atoms with Crippen molar-refractivity contribution < 1.29 is 29.7 Å². The van der Waals surface area contributed by atoms with Gasteiger partial charge in [-0.1, -0.05) is 87.4 Å². The van der Waals surface area contributed by atoms with Gasteiger partial charge in [0.1, 0.15) is 0 Å². The third-order valence-corrected chi connectivity index (χ3v) is 4.93. The lowest BCUT2D eigenvalue weighted by Crippen LogP contribution is -3.00. The summed E-state index contributed by atoms with van der Waals surface area (Å²) in [6.45, 7) is 4.56. The summed E-state index contributed by atoms with van der Waals surface area (Å²) in [5, 5.41) is 0.